The van der Waals surface area contributed by atoms with Crippen LogP contribution in [-0.2, 0) is 20.9 Å². The van der Waals surface area contributed by atoms with Gasteiger partial charge in [-0.05, 0) is 40.7 Å². The van der Waals surface area contributed by atoms with Crippen LogP contribution in [-0.4, -0.2) is 45.8 Å². The molecule has 6 nitrogen and oxygen atoms in total. The normalized spacial score (nSPS) is 10.8. The lowest BCUT2D eigenvalue weighted by Crippen LogP contribution is -2.41. The summed E-state index contributed by atoms with van der Waals surface area (Å²) < 4.78 is 6.72. The van der Waals surface area contributed by atoms with Crippen LogP contribution in [0.25, 0.3) is 0 Å². The summed E-state index contributed by atoms with van der Waals surface area (Å²) >= 11 is 0. The van der Waals surface area contributed by atoms with Gasteiger partial charge in [0, 0.05) is 24.7 Å². The maximum absolute atomic E-state index is 12.3. The molecule has 0 radical (unpaired) electrons. The second kappa shape index (κ2) is 7.81. The zero-order chi connectivity index (χ0) is 16.0. The van der Waals surface area contributed by atoms with Gasteiger partial charge in [0.1, 0.15) is 6.54 Å². The third-order valence-electron chi connectivity index (χ3n) is 3.19. The first-order valence-corrected chi connectivity index (χ1v) is 7.31. The Morgan fingerprint density at radius 1 is 1.38 bits per heavy atom. The van der Waals surface area contributed by atoms with Gasteiger partial charge in [0.15, 0.2) is 0 Å². The molecule has 1 heterocycles. The minimum atomic E-state index is -0.370. The van der Waals surface area contributed by atoms with Crippen LogP contribution in [0.15, 0.2) is 6.07 Å². The number of amides is 1. The number of aryl methyl sites for hydroxylation is 3. The number of rotatable bonds is 7. The van der Waals surface area contributed by atoms with Crippen molar-refractivity contribution in [2.75, 3.05) is 13.2 Å². The van der Waals surface area contributed by atoms with Crippen LogP contribution in [0.4, 0.5) is 0 Å². The summed E-state index contributed by atoms with van der Waals surface area (Å²) in [5.74, 6) is -0.434. The maximum Gasteiger partial charge on any atom is 0.325 e. The molecule has 0 saturated carbocycles. The van der Waals surface area contributed by atoms with Crippen LogP contribution >= 0.6 is 0 Å². The predicted octanol–water partition coefficient (Wildman–Crippen LogP) is 1.69. The van der Waals surface area contributed by atoms with Crippen molar-refractivity contribution in [2.24, 2.45) is 0 Å². The summed E-state index contributed by atoms with van der Waals surface area (Å²) in [7, 11) is 0. The molecule has 0 bridgehead atoms. The van der Waals surface area contributed by atoms with Gasteiger partial charge in [-0.25, -0.2) is 0 Å². The van der Waals surface area contributed by atoms with Gasteiger partial charge in [0.2, 0.25) is 5.91 Å². The fourth-order valence-corrected chi connectivity index (χ4v) is 2.15. The Morgan fingerprint density at radius 2 is 2.05 bits per heavy atom. The minimum Gasteiger partial charge on any atom is -0.465 e. The number of hydrogen-bond acceptors (Lipinski definition) is 4. The second-order valence-corrected chi connectivity index (χ2v) is 5.32. The quantitative estimate of drug-likeness (QED) is 0.718. The van der Waals surface area contributed by atoms with Crippen molar-refractivity contribution in [2.45, 2.75) is 53.6 Å². The van der Waals surface area contributed by atoms with Crippen LogP contribution < -0.4 is 0 Å². The lowest BCUT2D eigenvalue weighted by molar-refractivity contribution is -0.150. The third kappa shape index (κ3) is 5.21. The Balaban J connectivity index is 2.61. The first kappa shape index (κ1) is 17.2. The van der Waals surface area contributed by atoms with Crippen LogP contribution in [0.5, 0.6) is 0 Å². The Labute approximate surface area is 126 Å². The van der Waals surface area contributed by atoms with E-state index in [0.29, 0.717) is 19.6 Å². The molecule has 1 rings (SSSR count). The first-order chi connectivity index (χ1) is 9.85. The molecule has 0 aromatic carbocycles. The molecular weight excluding hydrogens is 270 g/mol. The van der Waals surface area contributed by atoms with Gasteiger partial charge >= 0.3 is 5.97 Å². The molecule has 21 heavy (non-hydrogen) atoms. The highest BCUT2D eigenvalue weighted by atomic mass is 16.5. The lowest BCUT2D eigenvalue weighted by Gasteiger charge is -2.25. The number of nitrogens with zero attached hydrogens (tertiary/aromatic N) is 3. The average Bonchev–Trinajstić information content (AvgIpc) is 2.71. The molecule has 0 aliphatic carbocycles. The van der Waals surface area contributed by atoms with E-state index in [1.54, 1.807) is 11.8 Å². The summed E-state index contributed by atoms with van der Waals surface area (Å²) in [5, 5.41) is 4.33. The highest BCUT2D eigenvalue weighted by molar-refractivity contribution is 5.82. The Kier molecular flexibility index (Phi) is 6.39. The minimum absolute atomic E-state index is 0.00145. The molecule has 0 aliphatic heterocycles. The number of ether oxygens (including phenoxy) is 1. The van der Waals surface area contributed by atoms with E-state index in [-0.39, 0.29) is 24.5 Å². The van der Waals surface area contributed by atoms with Crippen LogP contribution in [0, 0.1) is 13.8 Å². The fourth-order valence-electron chi connectivity index (χ4n) is 2.15. The van der Waals surface area contributed by atoms with E-state index in [1.165, 1.54) is 0 Å². The molecule has 0 aliphatic rings. The molecule has 118 valence electrons. The molecule has 0 fully saturated rings. The number of esters is 1. The third-order valence-corrected chi connectivity index (χ3v) is 3.19. The monoisotopic (exact) mass is 295 g/mol. The SMILES string of the molecule is CCOC(=O)CN(C(=O)CCn1nc(C)cc1C)C(C)C. The smallest absolute Gasteiger partial charge is 0.325 e. The Morgan fingerprint density at radius 3 is 2.52 bits per heavy atom. The number of aromatic nitrogens is 2. The zero-order valence-corrected chi connectivity index (χ0v) is 13.5. The van der Waals surface area contributed by atoms with Crippen molar-refractivity contribution in [1.29, 1.82) is 0 Å². The molecule has 1 amide bonds. The maximum atomic E-state index is 12.3. The van der Waals surface area contributed by atoms with E-state index in [4.69, 9.17) is 4.74 Å². The summed E-state index contributed by atoms with van der Waals surface area (Å²) in [4.78, 5) is 25.4. The second-order valence-electron chi connectivity index (χ2n) is 5.32. The number of carbonyl (C=O) groups is 2. The molecule has 0 spiro atoms. The highest BCUT2D eigenvalue weighted by Gasteiger charge is 2.20. The van der Waals surface area contributed by atoms with Gasteiger partial charge in [-0.15, -0.1) is 0 Å². The van der Waals surface area contributed by atoms with E-state index in [9.17, 15) is 9.59 Å². The van der Waals surface area contributed by atoms with Crippen molar-refractivity contribution in [3.8, 4) is 0 Å². The molecule has 1 aromatic heterocycles. The summed E-state index contributed by atoms with van der Waals surface area (Å²) in [5.41, 5.74) is 1.97. The van der Waals surface area contributed by atoms with Crippen LogP contribution in [0.3, 0.4) is 0 Å². The molecule has 0 atom stereocenters. The van der Waals surface area contributed by atoms with Crippen molar-refractivity contribution in [3.05, 3.63) is 17.5 Å². The van der Waals surface area contributed by atoms with Gasteiger partial charge < -0.3 is 9.64 Å². The fraction of sp³-hybridized carbons (Fsp3) is 0.667. The average molecular weight is 295 g/mol. The molecular formula is C15H25N3O3. The van der Waals surface area contributed by atoms with E-state index >= 15 is 0 Å². The van der Waals surface area contributed by atoms with E-state index in [2.05, 4.69) is 5.10 Å². The van der Waals surface area contributed by atoms with Gasteiger partial charge in [0.05, 0.1) is 12.3 Å². The van der Waals surface area contributed by atoms with Crippen molar-refractivity contribution in [1.82, 2.24) is 14.7 Å². The van der Waals surface area contributed by atoms with E-state index < -0.39 is 0 Å². The first-order valence-electron chi connectivity index (χ1n) is 7.31. The number of hydrogen-bond donors (Lipinski definition) is 0. The summed E-state index contributed by atoms with van der Waals surface area (Å²) in [6, 6.07) is 1.94. The molecule has 6 heteroatoms. The molecule has 0 N–H and O–H groups in total. The summed E-state index contributed by atoms with van der Waals surface area (Å²) in [6.07, 6.45) is 0.319. The van der Waals surface area contributed by atoms with Gasteiger partial charge in [-0.2, -0.15) is 5.10 Å². The molecule has 0 unspecified atom stereocenters. The van der Waals surface area contributed by atoms with Gasteiger partial charge in [0.25, 0.3) is 0 Å². The number of carbonyl (C=O) groups excluding carboxylic acids is 2. The van der Waals surface area contributed by atoms with Crippen molar-refractivity contribution < 1.29 is 14.3 Å². The van der Waals surface area contributed by atoms with Crippen molar-refractivity contribution >= 4 is 11.9 Å². The summed E-state index contributed by atoms with van der Waals surface area (Å²) in [6.45, 7) is 10.3. The van der Waals surface area contributed by atoms with Gasteiger partial charge in [-0.1, -0.05) is 0 Å². The topological polar surface area (TPSA) is 64.4 Å². The lowest BCUT2D eigenvalue weighted by atomic mass is 10.2. The van der Waals surface area contributed by atoms with E-state index in [0.717, 1.165) is 11.4 Å². The molecule has 0 saturated heterocycles. The Bertz CT molecular complexity index is 494. The Hall–Kier alpha value is -1.85. The van der Waals surface area contributed by atoms with Crippen molar-refractivity contribution in [3.63, 3.8) is 0 Å². The van der Waals surface area contributed by atoms with Crippen LogP contribution in [0.1, 0.15) is 38.6 Å². The largest absolute Gasteiger partial charge is 0.465 e. The van der Waals surface area contributed by atoms with E-state index in [1.807, 2.05) is 38.4 Å². The standard InChI is InChI=1S/C15H25N3O3/c1-6-21-15(20)10-17(11(2)3)14(19)7-8-18-13(5)9-12(4)16-18/h9,11H,6-8,10H2,1-5H3. The zero-order valence-electron chi connectivity index (χ0n) is 13.5. The molecule has 1 aromatic rings. The highest BCUT2D eigenvalue weighted by Crippen LogP contribution is 2.07. The van der Waals surface area contributed by atoms with Crippen LogP contribution in [0.2, 0.25) is 0 Å². The predicted molar refractivity (Wildman–Crippen MR) is 79.8 cm³/mol. The van der Waals surface area contributed by atoms with Gasteiger partial charge in [-0.3, -0.25) is 14.3 Å².